The summed E-state index contributed by atoms with van der Waals surface area (Å²) in [4.78, 5) is 18.2. The lowest BCUT2D eigenvalue weighted by Gasteiger charge is -2.28. The Hall–Kier alpha value is -1.38. The molecular formula is C12H25N5O3. The Bertz CT molecular complexity index is 331. The molecule has 8 nitrogen and oxygen atoms in total. The van der Waals surface area contributed by atoms with Crippen LogP contribution in [0.25, 0.3) is 0 Å². The van der Waals surface area contributed by atoms with Crippen molar-refractivity contribution >= 4 is 11.9 Å². The van der Waals surface area contributed by atoms with Gasteiger partial charge < -0.3 is 19.7 Å². The van der Waals surface area contributed by atoms with E-state index in [1.165, 1.54) is 0 Å². The Morgan fingerprint density at radius 1 is 1.45 bits per heavy atom. The Morgan fingerprint density at radius 2 is 2.10 bits per heavy atom. The first-order valence-electron chi connectivity index (χ1n) is 6.75. The van der Waals surface area contributed by atoms with E-state index < -0.39 is 6.04 Å². The van der Waals surface area contributed by atoms with E-state index in [4.69, 9.17) is 15.3 Å². The molecule has 1 saturated heterocycles. The van der Waals surface area contributed by atoms with Crippen LogP contribution in [0.5, 0.6) is 0 Å². The van der Waals surface area contributed by atoms with E-state index in [0.717, 1.165) is 0 Å². The van der Waals surface area contributed by atoms with Crippen LogP contribution in [0.4, 0.5) is 0 Å². The van der Waals surface area contributed by atoms with Gasteiger partial charge in [-0.05, 0) is 13.8 Å². The molecule has 0 aromatic heterocycles. The molecule has 1 rings (SSSR count). The molecule has 0 spiro atoms. The highest BCUT2D eigenvalue weighted by Crippen LogP contribution is 2.03. The van der Waals surface area contributed by atoms with E-state index in [2.05, 4.69) is 15.7 Å². The topological polar surface area (TPSA) is 101 Å². The van der Waals surface area contributed by atoms with Crippen molar-refractivity contribution in [3.8, 4) is 0 Å². The van der Waals surface area contributed by atoms with Gasteiger partial charge in [0, 0.05) is 26.2 Å². The maximum atomic E-state index is 12.2. The number of methoxy groups -OCH3 is 1. The first-order chi connectivity index (χ1) is 9.58. The maximum Gasteiger partial charge on any atom is 0.247 e. The van der Waals surface area contributed by atoms with Crippen molar-refractivity contribution in [1.29, 1.82) is 0 Å². The highest BCUT2D eigenvalue weighted by molar-refractivity contribution is 5.87. The van der Waals surface area contributed by atoms with Gasteiger partial charge >= 0.3 is 0 Å². The van der Waals surface area contributed by atoms with Crippen molar-refractivity contribution in [2.24, 2.45) is 10.8 Å². The van der Waals surface area contributed by atoms with Crippen LogP contribution in [0.3, 0.4) is 0 Å². The molecule has 116 valence electrons. The number of nitrogens with two attached hydrogens (primary N) is 1. The van der Waals surface area contributed by atoms with Crippen molar-refractivity contribution in [2.45, 2.75) is 25.9 Å². The van der Waals surface area contributed by atoms with Crippen LogP contribution < -0.4 is 16.6 Å². The molecule has 20 heavy (non-hydrogen) atoms. The smallest absolute Gasteiger partial charge is 0.247 e. The molecule has 0 aliphatic carbocycles. The largest absolute Gasteiger partial charge is 0.383 e. The minimum atomic E-state index is -0.499. The summed E-state index contributed by atoms with van der Waals surface area (Å²) in [5, 5.41) is 3.05. The Labute approximate surface area is 119 Å². The van der Waals surface area contributed by atoms with E-state index in [9.17, 15) is 4.79 Å². The van der Waals surface area contributed by atoms with Crippen LogP contribution in [0.2, 0.25) is 0 Å². The zero-order valence-electron chi connectivity index (χ0n) is 12.4. The number of hydrogen-bond acceptors (Lipinski definition) is 5. The number of hydrogen-bond donors (Lipinski definition) is 3. The fourth-order valence-electron chi connectivity index (χ4n) is 1.94. The van der Waals surface area contributed by atoms with Crippen molar-refractivity contribution in [1.82, 2.24) is 15.6 Å². The molecule has 2 atom stereocenters. The molecule has 0 aromatic rings. The highest BCUT2D eigenvalue weighted by atomic mass is 16.5. The second kappa shape index (κ2) is 8.72. The summed E-state index contributed by atoms with van der Waals surface area (Å²) in [6, 6.07) is -0.457. The van der Waals surface area contributed by atoms with Crippen LogP contribution in [0.15, 0.2) is 4.99 Å². The average Bonchev–Trinajstić information content (AvgIpc) is 2.46. The van der Waals surface area contributed by atoms with Crippen LogP contribution in [0, 0.1) is 0 Å². The van der Waals surface area contributed by atoms with Gasteiger partial charge in [0.2, 0.25) is 11.9 Å². The third kappa shape index (κ3) is 5.32. The van der Waals surface area contributed by atoms with Gasteiger partial charge in [0.05, 0.1) is 19.8 Å². The van der Waals surface area contributed by atoms with Gasteiger partial charge in [-0.15, -0.1) is 0 Å². The average molecular weight is 287 g/mol. The van der Waals surface area contributed by atoms with Crippen molar-refractivity contribution in [2.75, 3.05) is 40.0 Å². The Morgan fingerprint density at radius 3 is 2.65 bits per heavy atom. The van der Waals surface area contributed by atoms with E-state index in [0.29, 0.717) is 38.9 Å². The molecule has 2 unspecified atom stereocenters. The lowest BCUT2D eigenvalue weighted by Crippen LogP contribution is -2.49. The van der Waals surface area contributed by atoms with Crippen LogP contribution >= 0.6 is 0 Å². The number of morpholine rings is 1. The third-order valence-corrected chi connectivity index (χ3v) is 2.94. The molecule has 1 heterocycles. The summed E-state index contributed by atoms with van der Waals surface area (Å²) in [7, 11) is 1.62. The van der Waals surface area contributed by atoms with Crippen LogP contribution in [-0.2, 0) is 14.3 Å². The number of ether oxygens (including phenoxy) is 2. The molecule has 0 bridgehead atoms. The summed E-state index contributed by atoms with van der Waals surface area (Å²) in [5.41, 5.74) is 2.47. The minimum Gasteiger partial charge on any atom is -0.383 e. The van der Waals surface area contributed by atoms with Gasteiger partial charge in [-0.25, -0.2) is 10.8 Å². The molecule has 0 radical (unpaired) electrons. The molecule has 1 amide bonds. The first kappa shape index (κ1) is 16.7. The highest BCUT2D eigenvalue weighted by Gasteiger charge is 2.22. The number of aliphatic imine (C=N–C) groups is 1. The second-order valence-corrected chi connectivity index (χ2v) is 4.74. The standard InChI is InChI=1S/C12H25N5O3/c1-9(8-19-3)14-12(16-13)15-10(2)11(18)17-4-6-20-7-5-17/h9-10H,4-8,13H2,1-3H3,(H2,14,15,16). The summed E-state index contributed by atoms with van der Waals surface area (Å²) in [6.45, 7) is 6.57. The van der Waals surface area contributed by atoms with Gasteiger partial charge in [-0.1, -0.05) is 0 Å². The number of nitrogens with one attached hydrogen (secondary N) is 2. The quantitative estimate of drug-likeness (QED) is 0.251. The van der Waals surface area contributed by atoms with Gasteiger partial charge in [0.25, 0.3) is 0 Å². The fraction of sp³-hybridized carbons (Fsp3) is 0.833. The first-order valence-corrected chi connectivity index (χ1v) is 6.75. The predicted molar refractivity (Wildman–Crippen MR) is 76.1 cm³/mol. The molecule has 4 N–H and O–H groups in total. The van der Waals surface area contributed by atoms with Crippen LogP contribution in [-0.4, -0.2) is 68.9 Å². The van der Waals surface area contributed by atoms with Gasteiger partial charge in [0.1, 0.15) is 6.04 Å². The number of carbonyl (C=O) groups is 1. The summed E-state index contributed by atoms with van der Waals surface area (Å²) in [5.74, 6) is 5.77. The predicted octanol–water partition coefficient (Wildman–Crippen LogP) is -1.32. The van der Waals surface area contributed by atoms with E-state index in [1.807, 2.05) is 6.92 Å². The molecule has 1 aliphatic heterocycles. The van der Waals surface area contributed by atoms with Gasteiger partial charge in [0.15, 0.2) is 0 Å². The number of amides is 1. The molecular weight excluding hydrogens is 262 g/mol. The fourth-order valence-corrected chi connectivity index (χ4v) is 1.94. The summed E-state index contributed by atoms with van der Waals surface area (Å²) >= 11 is 0. The van der Waals surface area contributed by atoms with Crippen molar-refractivity contribution in [3.63, 3.8) is 0 Å². The Balaban J connectivity index is 2.56. The van der Waals surface area contributed by atoms with Crippen LogP contribution in [0.1, 0.15) is 13.8 Å². The second-order valence-electron chi connectivity index (χ2n) is 4.74. The SMILES string of the molecule is COCC(C)NC(=NC(C)C(=O)N1CCOCC1)NN. The molecule has 1 aliphatic rings. The number of carbonyl (C=O) groups excluding carboxylic acids is 1. The van der Waals surface area contributed by atoms with Crippen molar-refractivity contribution in [3.05, 3.63) is 0 Å². The van der Waals surface area contributed by atoms with E-state index in [1.54, 1.807) is 18.9 Å². The zero-order chi connectivity index (χ0) is 15.0. The number of nitrogens with zero attached hydrogens (tertiary/aromatic N) is 2. The van der Waals surface area contributed by atoms with E-state index >= 15 is 0 Å². The molecule has 0 saturated carbocycles. The monoisotopic (exact) mass is 287 g/mol. The minimum absolute atomic E-state index is 0.0257. The zero-order valence-corrected chi connectivity index (χ0v) is 12.4. The maximum absolute atomic E-state index is 12.2. The number of guanidine groups is 1. The molecule has 0 aromatic carbocycles. The van der Waals surface area contributed by atoms with E-state index in [-0.39, 0.29) is 11.9 Å². The third-order valence-electron chi connectivity index (χ3n) is 2.94. The summed E-state index contributed by atoms with van der Waals surface area (Å²) in [6.07, 6.45) is 0. The molecule has 1 fully saturated rings. The van der Waals surface area contributed by atoms with Gasteiger partial charge in [-0.3, -0.25) is 10.2 Å². The number of hydrazine groups is 1. The lowest BCUT2D eigenvalue weighted by molar-refractivity contribution is -0.136. The van der Waals surface area contributed by atoms with Crippen molar-refractivity contribution < 1.29 is 14.3 Å². The van der Waals surface area contributed by atoms with Gasteiger partial charge in [-0.2, -0.15) is 0 Å². The summed E-state index contributed by atoms with van der Waals surface area (Å²) < 4.78 is 10.2. The molecule has 8 heteroatoms. The Kier molecular flexibility index (Phi) is 7.27. The normalized spacial score (nSPS) is 19.4. The number of rotatable bonds is 5. The lowest BCUT2D eigenvalue weighted by atomic mass is 10.3.